The van der Waals surface area contributed by atoms with Crippen LogP contribution >= 0.6 is 23.2 Å². The molecule has 0 radical (unpaired) electrons. The molecule has 4 nitrogen and oxygen atoms in total. The number of rotatable bonds is 3. The van der Waals surface area contributed by atoms with Gasteiger partial charge in [-0.15, -0.1) is 0 Å². The van der Waals surface area contributed by atoms with Crippen molar-refractivity contribution in [2.24, 2.45) is 0 Å². The quantitative estimate of drug-likeness (QED) is 0.800. The maximum Gasteiger partial charge on any atom is 0.227 e. The number of aromatic nitrogens is 3. The Bertz CT molecular complexity index is 534. The summed E-state index contributed by atoms with van der Waals surface area (Å²) in [5.74, 6) is 0.943. The fraction of sp³-hybridized carbons (Fsp3) is 0.182. The largest absolute Gasteiger partial charge is 0.437 e. The lowest BCUT2D eigenvalue weighted by molar-refractivity contribution is 0.453. The Morgan fingerprint density at radius 2 is 2.06 bits per heavy atom. The van der Waals surface area contributed by atoms with Crippen LogP contribution in [0.15, 0.2) is 24.8 Å². The lowest BCUT2D eigenvalue weighted by Gasteiger charge is -2.08. The van der Waals surface area contributed by atoms with E-state index < -0.39 is 0 Å². The average molecular weight is 270 g/mol. The van der Waals surface area contributed by atoms with E-state index >= 15 is 0 Å². The van der Waals surface area contributed by atoms with Gasteiger partial charge in [0.2, 0.25) is 5.88 Å². The molecule has 0 N–H and O–H groups in total. The van der Waals surface area contributed by atoms with E-state index in [0.29, 0.717) is 28.2 Å². The fourth-order valence-corrected chi connectivity index (χ4v) is 1.74. The van der Waals surface area contributed by atoms with Gasteiger partial charge >= 0.3 is 0 Å². The molecular formula is C11H9Cl2N3O. The Kier molecular flexibility index (Phi) is 3.76. The minimum Gasteiger partial charge on any atom is -0.437 e. The molecule has 2 rings (SSSR count). The van der Waals surface area contributed by atoms with E-state index in [1.54, 1.807) is 12.3 Å². The summed E-state index contributed by atoms with van der Waals surface area (Å²) in [6.07, 6.45) is 5.13. The first-order chi connectivity index (χ1) is 8.20. The van der Waals surface area contributed by atoms with Crippen molar-refractivity contribution in [2.45, 2.75) is 13.3 Å². The summed E-state index contributed by atoms with van der Waals surface area (Å²) in [4.78, 5) is 11.9. The van der Waals surface area contributed by atoms with E-state index in [9.17, 15) is 0 Å². The van der Waals surface area contributed by atoms with Crippen LogP contribution in [0.5, 0.6) is 11.6 Å². The average Bonchev–Trinajstić information content (AvgIpc) is 2.29. The second kappa shape index (κ2) is 5.29. The van der Waals surface area contributed by atoms with Gasteiger partial charge in [-0.2, -0.15) is 0 Å². The summed E-state index contributed by atoms with van der Waals surface area (Å²) in [6.45, 7) is 1.95. The van der Waals surface area contributed by atoms with E-state index in [1.165, 1.54) is 12.5 Å². The monoisotopic (exact) mass is 269 g/mol. The molecule has 0 aliphatic heterocycles. The van der Waals surface area contributed by atoms with Crippen LogP contribution in [0.25, 0.3) is 0 Å². The number of hydrogen-bond donors (Lipinski definition) is 0. The van der Waals surface area contributed by atoms with E-state index in [1.807, 2.05) is 6.92 Å². The van der Waals surface area contributed by atoms with Crippen LogP contribution in [0.2, 0.25) is 10.2 Å². The first kappa shape index (κ1) is 12.1. The van der Waals surface area contributed by atoms with Gasteiger partial charge in [0, 0.05) is 12.3 Å². The van der Waals surface area contributed by atoms with E-state index in [-0.39, 0.29) is 0 Å². The Balaban J connectivity index is 2.33. The van der Waals surface area contributed by atoms with Crippen LogP contribution in [-0.2, 0) is 6.42 Å². The third-order valence-electron chi connectivity index (χ3n) is 2.10. The van der Waals surface area contributed by atoms with Crippen LogP contribution < -0.4 is 4.74 Å². The maximum atomic E-state index is 5.95. The molecule has 2 aromatic rings. The minimum absolute atomic E-state index is 0.396. The molecule has 0 amide bonds. The number of nitrogens with zero attached hydrogens (tertiary/aromatic N) is 3. The maximum absolute atomic E-state index is 5.95. The summed E-state index contributed by atoms with van der Waals surface area (Å²) in [7, 11) is 0. The SMILES string of the molecule is CCc1c(Cl)ncnc1Oc1cncc(Cl)c1. The zero-order valence-electron chi connectivity index (χ0n) is 9.02. The zero-order chi connectivity index (χ0) is 12.3. The van der Waals surface area contributed by atoms with Crippen LogP contribution in [-0.4, -0.2) is 15.0 Å². The fourth-order valence-electron chi connectivity index (χ4n) is 1.32. The van der Waals surface area contributed by atoms with E-state index in [2.05, 4.69) is 15.0 Å². The molecule has 17 heavy (non-hydrogen) atoms. The molecule has 0 atom stereocenters. The summed E-state index contributed by atoms with van der Waals surface area (Å²) >= 11 is 11.8. The second-order valence-corrected chi connectivity index (χ2v) is 4.04. The standard InChI is InChI=1S/C11H9Cl2N3O/c1-2-9-10(13)15-6-16-11(9)17-8-3-7(12)4-14-5-8/h3-6H,2H2,1H3. The van der Waals surface area contributed by atoms with Crippen LogP contribution in [0.1, 0.15) is 12.5 Å². The van der Waals surface area contributed by atoms with Gasteiger partial charge in [-0.1, -0.05) is 30.1 Å². The highest BCUT2D eigenvalue weighted by Gasteiger charge is 2.10. The number of hydrogen-bond acceptors (Lipinski definition) is 4. The highest BCUT2D eigenvalue weighted by Crippen LogP contribution is 2.27. The van der Waals surface area contributed by atoms with Crippen LogP contribution in [0.3, 0.4) is 0 Å². The van der Waals surface area contributed by atoms with Gasteiger partial charge < -0.3 is 4.74 Å². The van der Waals surface area contributed by atoms with E-state index in [0.717, 1.165) is 5.56 Å². The van der Waals surface area contributed by atoms with Gasteiger partial charge in [-0.05, 0) is 6.42 Å². The highest BCUT2D eigenvalue weighted by atomic mass is 35.5. The number of pyridine rings is 1. The van der Waals surface area contributed by atoms with Crippen LogP contribution in [0.4, 0.5) is 0 Å². The highest BCUT2D eigenvalue weighted by molar-refractivity contribution is 6.30. The van der Waals surface area contributed by atoms with Crippen molar-refractivity contribution in [3.8, 4) is 11.6 Å². The van der Waals surface area contributed by atoms with Crippen LogP contribution in [0, 0.1) is 0 Å². The molecule has 2 heterocycles. The lowest BCUT2D eigenvalue weighted by atomic mass is 10.2. The van der Waals surface area contributed by atoms with Crippen molar-refractivity contribution in [1.82, 2.24) is 15.0 Å². The molecule has 0 aliphatic carbocycles. The molecule has 2 aromatic heterocycles. The van der Waals surface area contributed by atoms with Gasteiger partial charge in [0.15, 0.2) is 0 Å². The molecule has 0 aromatic carbocycles. The molecule has 88 valence electrons. The molecule has 0 spiro atoms. The van der Waals surface area contributed by atoms with Crippen molar-refractivity contribution >= 4 is 23.2 Å². The van der Waals surface area contributed by atoms with Gasteiger partial charge in [0.05, 0.1) is 16.8 Å². The third-order valence-corrected chi connectivity index (χ3v) is 2.63. The predicted octanol–water partition coefficient (Wildman–Crippen LogP) is 3.53. The van der Waals surface area contributed by atoms with Crippen molar-refractivity contribution < 1.29 is 4.74 Å². The first-order valence-corrected chi connectivity index (χ1v) is 5.74. The van der Waals surface area contributed by atoms with Crippen molar-refractivity contribution in [3.63, 3.8) is 0 Å². The Morgan fingerprint density at radius 3 is 2.76 bits per heavy atom. The summed E-state index contributed by atoms with van der Waals surface area (Å²) < 4.78 is 5.58. The molecule has 0 saturated carbocycles. The second-order valence-electron chi connectivity index (χ2n) is 3.24. The summed E-state index contributed by atoms with van der Waals surface area (Å²) in [5.41, 5.74) is 0.758. The van der Waals surface area contributed by atoms with Gasteiger partial charge in [-0.3, -0.25) is 4.98 Å². The molecule has 6 heteroatoms. The summed E-state index contributed by atoms with van der Waals surface area (Å²) in [6, 6.07) is 1.66. The lowest BCUT2D eigenvalue weighted by Crippen LogP contribution is -1.96. The minimum atomic E-state index is 0.396. The Labute approximate surface area is 109 Å². The van der Waals surface area contributed by atoms with Crippen molar-refractivity contribution in [2.75, 3.05) is 0 Å². The molecule has 0 bridgehead atoms. The van der Waals surface area contributed by atoms with E-state index in [4.69, 9.17) is 27.9 Å². The van der Waals surface area contributed by atoms with Gasteiger partial charge in [0.1, 0.15) is 17.2 Å². The number of halogens is 2. The van der Waals surface area contributed by atoms with Crippen molar-refractivity contribution in [1.29, 1.82) is 0 Å². The zero-order valence-corrected chi connectivity index (χ0v) is 10.5. The van der Waals surface area contributed by atoms with Gasteiger partial charge in [0.25, 0.3) is 0 Å². The molecule has 0 unspecified atom stereocenters. The third kappa shape index (κ3) is 2.84. The smallest absolute Gasteiger partial charge is 0.227 e. The molecule has 0 saturated heterocycles. The molecule has 0 aliphatic rings. The normalized spacial score (nSPS) is 10.3. The Morgan fingerprint density at radius 1 is 1.24 bits per heavy atom. The Hall–Kier alpha value is -1.39. The molecular weight excluding hydrogens is 261 g/mol. The van der Waals surface area contributed by atoms with Gasteiger partial charge in [-0.25, -0.2) is 9.97 Å². The molecule has 0 fully saturated rings. The van der Waals surface area contributed by atoms with Crippen molar-refractivity contribution in [3.05, 3.63) is 40.5 Å². The topological polar surface area (TPSA) is 47.9 Å². The summed E-state index contributed by atoms with van der Waals surface area (Å²) in [5, 5.41) is 0.896. The predicted molar refractivity (Wildman–Crippen MR) is 65.7 cm³/mol. The first-order valence-electron chi connectivity index (χ1n) is 4.98. The number of ether oxygens (including phenoxy) is 1.